The van der Waals surface area contributed by atoms with Crippen LogP contribution in [0.15, 0.2) is 78.8 Å². The molecule has 1 aliphatic rings. The average Bonchev–Trinajstić information content (AvgIpc) is 3.46. The first kappa shape index (κ1) is 21.0. The van der Waals surface area contributed by atoms with Gasteiger partial charge >= 0.3 is 0 Å². The number of nitrogens with two attached hydrogens (primary N) is 1. The number of rotatable bonds is 7. The first-order valence-corrected chi connectivity index (χ1v) is 10.7. The SMILES string of the molecule is COc1ccc2c(c1)c(OC(C1=COCO1)c1ccccc1Cl)nn2Cc1cccc(N)c1. The number of nitrogens with zero attached hydrogens (tertiary/aromatic N) is 2. The lowest BCUT2D eigenvalue weighted by Gasteiger charge is -2.19. The largest absolute Gasteiger partial charge is 0.497 e. The average molecular weight is 464 g/mol. The fraction of sp³-hybridized carbons (Fsp3) is 0.160. The van der Waals surface area contributed by atoms with Gasteiger partial charge in [-0.2, -0.15) is 0 Å². The number of methoxy groups -OCH3 is 1. The molecule has 0 amide bonds. The molecule has 5 rings (SSSR count). The molecule has 168 valence electrons. The van der Waals surface area contributed by atoms with E-state index in [0.717, 1.165) is 22.0 Å². The molecular weight excluding hydrogens is 442 g/mol. The van der Waals surface area contributed by atoms with Crippen molar-refractivity contribution < 1.29 is 18.9 Å². The van der Waals surface area contributed by atoms with E-state index >= 15 is 0 Å². The number of hydrogen-bond acceptors (Lipinski definition) is 6. The van der Waals surface area contributed by atoms with Gasteiger partial charge in [-0.1, -0.05) is 41.9 Å². The number of hydrogen-bond donors (Lipinski definition) is 1. The normalized spacial score (nSPS) is 13.8. The number of benzene rings is 3. The van der Waals surface area contributed by atoms with Crippen molar-refractivity contribution in [3.05, 3.63) is 94.9 Å². The van der Waals surface area contributed by atoms with E-state index in [0.29, 0.717) is 34.6 Å². The van der Waals surface area contributed by atoms with Gasteiger partial charge in [0.1, 0.15) is 12.0 Å². The van der Waals surface area contributed by atoms with Crippen molar-refractivity contribution in [1.29, 1.82) is 0 Å². The molecule has 4 aromatic rings. The van der Waals surface area contributed by atoms with Crippen LogP contribution >= 0.6 is 11.6 Å². The summed E-state index contributed by atoms with van der Waals surface area (Å²) in [5.74, 6) is 1.64. The zero-order valence-electron chi connectivity index (χ0n) is 17.9. The summed E-state index contributed by atoms with van der Waals surface area (Å²) < 4.78 is 24.7. The van der Waals surface area contributed by atoms with Gasteiger partial charge in [0.25, 0.3) is 0 Å². The summed E-state index contributed by atoms with van der Waals surface area (Å²) in [6, 6.07) is 20.9. The maximum Gasteiger partial charge on any atom is 0.242 e. The Morgan fingerprint density at radius 1 is 1.12 bits per heavy atom. The fourth-order valence-electron chi connectivity index (χ4n) is 3.79. The van der Waals surface area contributed by atoms with Crippen molar-refractivity contribution in [2.45, 2.75) is 12.6 Å². The molecule has 0 aliphatic carbocycles. The predicted molar refractivity (Wildman–Crippen MR) is 126 cm³/mol. The van der Waals surface area contributed by atoms with E-state index in [-0.39, 0.29) is 6.79 Å². The first-order chi connectivity index (χ1) is 16.1. The van der Waals surface area contributed by atoms with E-state index in [1.807, 2.05) is 71.4 Å². The Morgan fingerprint density at radius 2 is 2.00 bits per heavy atom. The highest BCUT2D eigenvalue weighted by Crippen LogP contribution is 2.38. The number of halogens is 1. The number of ether oxygens (including phenoxy) is 4. The molecule has 1 unspecified atom stereocenters. The molecule has 2 N–H and O–H groups in total. The highest BCUT2D eigenvalue weighted by atomic mass is 35.5. The zero-order chi connectivity index (χ0) is 22.8. The van der Waals surface area contributed by atoms with Crippen LogP contribution < -0.4 is 15.2 Å². The second kappa shape index (κ2) is 8.96. The molecule has 0 fully saturated rings. The van der Waals surface area contributed by atoms with Crippen LogP contribution in [0.2, 0.25) is 5.02 Å². The topological polar surface area (TPSA) is 80.8 Å². The van der Waals surface area contributed by atoms with E-state index in [1.165, 1.54) is 0 Å². The lowest BCUT2D eigenvalue weighted by molar-refractivity contribution is 0.0548. The minimum atomic E-state index is -0.633. The molecule has 0 saturated heterocycles. The van der Waals surface area contributed by atoms with Gasteiger partial charge in [0.15, 0.2) is 11.9 Å². The van der Waals surface area contributed by atoms with Crippen molar-refractivity contribution in [2.24, 2.45) is 0 Å². The van der Waals surface area contributed by atoms with Crippen LogP contribution in [-0.2, 0) is 16.0 Å². The molecule has 1 atom stereocenters. The van der Waals surface area contributed by atoms with Gasteiger partial charge in [0.2, 0.25) is 12.7 Å². The Balaban J connectivity index is 1.59. The third kappa shape index (κ3) is 4.27. The van der Waals surface area contributed by atoms with E-state index in [9.17, 15) is 0 Å². The van der Waals surface area contributed by atoms with Crippen LogP contribution in [0, 0.1) is 0 Å². The van der Waals surface area contributed by atoms with Crippen molar-refractivity contribution >= 4 is 28.2 Å². The molecule has 3 aromatic carbocycles. The number of fused-ring (bicyclic) bond motifs is 1. The number of aromatic nitrogens is 2. The monoisotopic (exact) mass is 463 g/mol. The Hall–Kier alpha value is -3.84. The molecular formula is C25H22ClN3O4. The summed E-state index contributed by atoms with van der Waals surface area (Å²) in [4.78, 5) is 0. The van der Waals surface area contributed by atoms with Crippen LogP contribution in [0.5, 0.6) is 11.6 Å². The van der Waals surface area contributed by atoms with Gasteiger partial charge in [-0.25, -0.2) is 0 Å². The summed E-state index contributed by atoms with van der Waals surface area (Å²) in [5.41, 5.74) is 9.33. The molecule has 0 saturated carbocycles. The van der Waals surface area contributed by atoms with Crippen molar-refractivity contribution in [3.8, 4) is 11.6 Å². The summed E-state index contributed by atoms with van der Waals surface area (Å²) in [5, 5.41) is 6.14. The second-order valence-corrected chi connectivity index (χ2v) is 7.97. The van der Waals surface area contributed by atoms with E-state index in [2.05, 4.69) is 0 Å². The molecule has 0 radical (unpaired) electrons. The van der Waals surface area contributed by atoms with E-state index in [4.69, 9.17) is 41.4 Å². The quantitative estimate of drug-likeness (QED) is 0.375. The molecule has 2 heterocycles. The van der Waals surface area contributed by atoms with Gasteiger partial charge < -0.3 is 24.7 Å². The maximum absolute atomic E-state index is 6.50. The molecule has 33 heavy (non-hydrogen) atoms. The smallest absolute Gasteiger partial charge is 0.242 e. The molecule has 1 aromatic heterocycles. The molecule has 0 bridgehead atoms. The summed E-state index contributed by atoms with van der Waals surface area (Å²) >= 11 is 6.50. The molecule has 8 heteroatoms. The van der Waals surface area contributed by atoms with E-state index in [1.54, 1.807) is 13.4 Å². The Bertz CT molecular complexity index is 1330. The highest BCUT2D eigenvalue weighted by molar-refractivity contribution is 6.31. The van der Waals surface area contributed by atoms with Gasteiger partial charge in [0.05, 0.1) is 24.6 Å². The van der Waals surface area contributed by atoms with Crippen LogP contribution in [0.25, 0.3) is 10.9 Å². The first-order valence-electron chi connectivity index (χ1n) is 10.4. The third-order valence-corrected chi connectivity index (χ3v) is 5.72. The number of anilines is 1. The molecule has 1 aliphatic heterocycles. The van der Waals surface area contributed by atoms with Crippen LogP contribution in [0.1, 0.15) is 17.2 Å². The second-order valence-electron chi connectivity index (χ2n) is 7.56. The predicted octanol–water partition coefficient (Wildman–Crippen LogP) is 5.29. The third-order valence-electron chi connectivity index (χ3n) is 5.38. The summed E-state index contributed by atoms with van der Waals surface area (Å²) in [6.07, 6.45) is 0.909. The van der Waals surface area contributed by atoms with Gasteiger partial charge in [-0.3, -0.25) is 4.68 Å². The van der Waals surface area contributed by atoms with Crippen molar-refractivity contribution in [1.82, 2.24) is 9.78 Å². The highest BCUT2D eigenvalue weighted by Gasteiger charge is 2.28. The zero-order valence-corrected chi connectivity index (χ0v) is 18.7. The standard InChI is InChI=1S/C25H22ClN3O4/c1-30-18-9-10-22-20(12-18)25(28-29(22)13-16-5-4-6-17(27)11-16)33-24(23-14-31-15-32-23)19-7-2-3-8-21(19)26/h2-12,14,24H,13,15,27H2,1H3. The van der Waals surface area contributed by atoms with Crippen LogP contribution in [0.4, 0.5) is 5.69 Å². The van der Waals surface area contributed by atoms with Crippen molar-refractivity contribution in [2.75, 3.05) is 19.6 Å². The van der Waals surface area contributed by atoms with E-state index < -0.39 is 6.10 Å². The Kier molecular flexibility index (Phi) is 5.71. The molecule has 0 spiro atoms. The van der Waals surface area contributed by atoms with Crippen LogP contribution in [-0.4, -0.2) is 23.7 Å². The number of nitrogen functional groups attached to an aromatic ring is 1. The minimum absolute atomic E-state index is 0.123. The molecule has 7 nitrogen and oxygen atoms in total. The van der Waals surface area contributed by atoms with Gasteiger partial charge in [-0.15, -0.1) is 5.10 Å². The minimum Gasteiger partial charge on any atom is -0.497 e. The lowest BCUT2D eigenvalue weighted by Crippen LogP contribution is -2.13. The van der Waals surface area contributed by atoms with Gasteiger partial charge in [0, 0.05) is 16.3 Å². The Morgan fingerprint density at radius 3 is 2.76 bits per heavy atom. The Labute approximate surface area is 195 Å². The van der Waals surface area contributed by atoms with Crippen LogP contribution in [0.3, 0.4) is 0 Å². The fourth-order valence-corrected chi connectivity index (χ4v) is 4.03. The van der Waals surface area contributed by atoms with Gasteiger partial charge in [-0.05, 0) is 42.0 Å². The lowest BCUT2D eigenvalue weighted by atomic mass is 10.1. The summed E-state index contributed by atoms with van der Waals surface area (Å²) in [7, 11) is 1.62. The maximum atomic E-state index is 6.50. The van der Waals surface area contributed by atoms with Crippen molar-refractivity contribution in [3.63, 3.8) is 0 Å². The summed E-state index contributed by atoms with van der Waals surface area (Å²) in [6.45, 7) is 0.647.